The Bertz CT molecular complexity index is 448. The first-order valence-electron chi connectivity index (χ1n) is 4.76. The summed E-state index contributed by atoms with van der Waals surface area (Å²) in [4.78, 5) is 0. The fourth-order valence-electron chi connectivity index (χ4n) is 1.49. The average molecular weight is 202 g/mol. The van der Waals surface area contributed by atoms with Crippen molar-refractivity contribution in [3.05, 3.63) is 59.9 Å². The highest BCUT2D eigenvalue weighted by Gasteiger charge is 2.02. The van der Waals surface area contributed by atoms with Crippen LogP contribution in [0.25, 0.3) is 11.1 Å². The van der Waals surface area contributed by atoms with Crippen molar-refractivity contribution in [2.24, 2.45) is 0 Å². The second-order valence-corrected chi connectivity index (χ2v) is 3.33. The fourth-order valence-corrected chi connectivity index (χ4v) is 1.49. The molecule has 0 saturated carbocycles. The topological polar surface area (TPSA) is 20.2 Å². The molecular weight excluding hydrogens is 191 g/mol. The number of benzene rings is 2. The predicted octanol–water partition coefficient (Wildman–Crippen LogP) is 2.99. The average Bonchev–Trinajstić information content (AvgIpc) is 2.30. The Balaban J connectivity index is 2.42. The van der Waals surface area contributed by atoms with Gasteiger partial charge in [-0.15, -0.1) is 0 Å². The Morgan fingerprint density at radius 1 is 0.933 bits per heavy atom. The van der Waals surface area contributed by atoms with Gasteiger partial charge in [0.1, 0.15) is 5.82 Å². The van der Waals surface area contributed by atoms with Crippen molar-refractivity contribution >= 4 is 0 Å². The molecule has 0 amide bonds. The largest absolute Gasteiger partial charge is 0.392 e. The van der Waals surface area contributed by atoms with Gasteiger partial charge in [-0.05, 0) is 17.2 Å². The van der Waals surface area contributed by atoms with E-state index in [4.69, 9.17) is 5.11 Å². The molecule has 0 aliphatic carbocycles. The van der Waals surface area contributed by atoms with E-state index in [0.717, 1.165) is 11.1 Å². The molecule has 1 nitrogen and oxygen atoms in total. The maximum Gasteiger partial charge on any atom is 0.131 e. The Morgan fingerprint density at radius 2 is 1.60 bits per heavy atom. The summed E-state index contributed by atoms with van der Waals surface area (Å²) in [5.41, 5.74) is 2.24. The highest BCUT2D eigenvalue weighted by Crippen LogP contribution is 2.22. The Labute approximate surface area is 87.8 Å². The van der Waals surface area contributed by atoms with Gasteiger partial charge in [-0.3, -0.25) is 0 Å². The molecular formula is C13H11FO. The third-order valence-electron chi connectivity index (χ3n) is 2.32. The first-order chi connectivity index (χ1) is 7.31. The number of hydrogen-bond acceptors (Lipinski definition) is 1. The summed E-state index contributed by atoms with van der Waals surface area (Å²) < 4.78 is 13.4. The van der Waals surface area contributed by atoms with Crippen LogP contribution in [-0.2, 0) is 6.61 Å². The number of halogens is 1. The van der Waals surface area contributed by atoms with Gasteiger partial charge in [0.15, 0.2) is 0 Å². The quantitative estimate of drug-likeness (QED) is 0.793. The minimum absolute atomic E-state index is 0.0115. The van der Waals surface area contributed by atoms with Crippen molar-refractivity contribution in [1.29, 1.82) is 0 Å². The van der Waals surface area contributed by atoms with Crippen LogP contribution in [0.4, 0.5) is 4.39 Å². The highest BCUT2D eigenvalue weighted by atomic mass is 19.1. The minimum Gasteiger partial charge on any atom is -0.392 e. The van der Waals surface area contributed by atoms with Crippen molar-refractivity contribution in [2.45, 2.75) is 6.61 Å². The first-order valence-corrected chi connectivity index (χ1v) is 4.76. The molecule has 2 aromatic carbocycles. The van der Waals surface area contributed by atoms with E-state index in [1.807, 2.05) is 12.1 Å². The highest BCUT2D eigenvalue weighted by molar-refractivity contribution is 5.64. The molecule has 0 unspecified atom stereocenters. The maximum atomic E-state index is 13.4. The summed E-state index contributed by atoms with van der Waals surface area (Å²) in [6.07, 6.45) is 0. The van der Waals surface area contributed by atoms with Gasteiger partial charge in [-0.2, -0.15) is 0 Å². The van der Waals surface area contributed by atoms with Gasteiger partial charge < -0.3 is 5.11 Å². The van der Waals surface area contributed by atoms with E-state index in [-0.39, 0.29) is 12.4 Å². The van der Waals surface area contributed by atoms with Crippen LogP contribution in [-0.4, -0.2) is 5.11 Å². The van der Waals surface area contributed by atoms with Crippen molar-refractivity contribution in [3.63, 3.8) is 0 Å². The summed E-state index contributed by atoms with van der Waals surface area (Å²) in [5, 5.41) is 8.88. The van der Waals surface area contributed by atoms with Gasteiger partial charge in [0.2, 0.25) is 0 Å². The molecule has 1 N–H and O–H groups in total. The summed E-state index contributed by atoms with van der Waals surface area (Å²) in [6.45, 7) is 0.0115. The molecule has 0 aliphatic heterocycles. The summed E-state index contributed by atoms with van der Waals surface area (Å²) in [6, 6.07) is 13.9. The lowest BCUT2D eigenvalue weighted by Crippen LogP contribution is -1.85. The van der Waals surface area contributed by atoms with E-state index >= 15 is 0 Å². The lowest BCUT2D eigenvalue weighted by molar-refractivity contribution is 0.282. The van der Waals surface area contributed by atoms with Crippen LogP contribution in [0, 0.1) is 5.82 Å². The molecule has 0 heterocycles. The van der Waals surface area contributed by atoms with E-state index in [9.17, 15) is 4.39 Å². The molecule has 0 bridgehead atoms. The Morgan fingerprint density at radius 3 is 2.20 bits per heavy atom. The number of aliphatic hydroxyl groups excluding tert-OH is 1. The maximum absolute atomic E-state index is 13.4. The first kappa shape index (κ1) is 9.87. The number of rotatable bonds is 2. The van der Waals surface area contributed by atoms with Crippen LogP contribution in [0.5, 0.6) is 0 Å². The zero-order chi connectivity index (χ0) is 10.7. The predicted molar refractivity (Wildman–Crippen MR) is 57.8 cm³/mol. The number of hydrogen-bond donors (Lipinski definition) is 1. The van der Waals surface area contributed by atoms with Crippen molar-refractivity contribution in [1.82, 2.24) is 0 Å². The lowest BCUT2D eigenvalue weighted by atomic mass is 10.0. The van der Waals surface area contributed by atoms with Crippen molar-refractivity contribution in [2.75, 3.05) is 0 Å². The molecule has 0 atom stereocenters. The van der Waals surface area contributed by atoms with E-state index in [1.54, 1.807) is 30.3 Å². The van der Waals surface area contributed by atoms with Crippen LogP contribution in [0.15, 0.2) is 48.5 Å². The molecule has 15 heavy (non-hydrogen) atoms. The third kappa shape index (κ3) is 2.05. The zero-order valence-corrected chi connectivity index (χ0v) is 8.15. The summed E-state index contributed by atoms with van der Waals surface area (Å²) >= 11 is 0. The van der Waals surface area contributed by atoms with Crippen LogP contribution in [0.1, 0.15) is 5.56 Å². The lowest BCUT2D eigenvalue weighted by Gasteiger charge is -2.03. The summed E-state index contributed by atoms with van der Waals surface area (Å²) in [7, 11) is 0. The zero-order valence-electron chi connectivity index (χ0n) is 8.15. The van der Waals surface area contributed by atoms with Gasteiger partial charge in [0.05, 0.1) is 6.61 Å². The van der Waals surface area contributed by atoms with Gasteiger partial charge in [-0.25, -0.2) is 4.39 Å². The SMILES string of the molecule is OCc1ccc(-c2ccccc2F)cc1. The van der Waals surface area contributed by atoms with E-state index in [0.29, 0.717) is 5.56 Å². The minimum atomic E-state index is -0.228. The Hall–Kier alpha value is -1.67. The molecule has 0 saturated heterocycles. The standard InChI is InChI=1S/C13H11FO/c14-13-4-2-1-3-12(13)11-7-5-10(9-15)6-8-11/h1-8,15H,9H2. The van der Waals surface area contributed by atoms with Crippen molar-refractivity contribution < 1.29 is 9.50 Å². The molecule has 2 rings (SSSR count). The fraction of sp³-hybridized carbons (Fsp3) is 0.0769. The normalized spacial score (nSPS) is 10.3. The van der Waals surface area contributed by atoms with Crippen LogP contribution in [0.2, 0.25) is 0 Å². The molecule has 0 aromatic heterocycles. The van der Waals surface area contributed by atoms with E-state index < -0.39 is 0 Å². The van der Waals surface area contributed by atoms with Crippen LogP contribution >= 0.6 is 0 Å². The number of aliphatic hydroxyl groups is 1. The van der Waals surface area contributed by atoms with E-state index in [1.165, 1.54) is 6.07 Å². The van der Waals surface area contributed by atoms with Crippen LogP contribution < -0.4 is 0 Å². The molecule has 0 aliphatic rings. The molecule has 2 heteroatoms. The van der Waals surface area contributed by atoms with Gasteiger partial charge in [0, 0.05) is 5.56 Å². The second-order valence-electron chi connectivity index (χ2n) is 3.33. The molecule has 0 fully saturated rings. The van der Waals surface area contributed by atoms with E-state index in [2.05, 4.69) is 0 Å². The monoisotopic (exact) mass is 202 g/mol. The second kappa shape index (κ2) is 4.24. The van der Waals surface area contributed by atoms with Gasteiger partial charge in [-0.1, -0.05) is 42.5 Å². The Kier molecular flexibility index (Phi) is 2.79. The summed E-state index contributed by atoms with van der Waals surface area (Å²) in [5.74, 6) is -0.228. The molecule has 0 spiro atoms. The smallest absolute Gasteiger partial charge is 0.131 e. The molecule has 2 aromatic rings. The van der Waals surface area contributed by atoms with Gasteiger partial charge >= 0.3 is 0 Å². The molecule has 0 radical (unpaired) electrons. The van der Waals surface area contributed by atoms with Crippen LogP contribution in [0.3, 0.4) is 0 Å². The third-order valence-corrected chi connectivity index (χ3v) is 2.32. The van der Waals surface area contributed by atoms with Crippen molar-refractivity contribution in [3.8, 4) is 11.1 Å². The molecule has 76 valence electrons. The van der Waals surface area contributed by atoms with Gasteiger partial charge in [0.25, 0.3) is 0 Å².